The predicted molar refractivity (Wildman–Crippen MR) is 136 cm³/mol. The fraction of sp³-hybridized carbons (Fsp3) is 0.682. The van der Waals surface area contributed by atoms with Gasteiger partial charge in [0.05, 0.1) is 14.2 Å². The molecular weight excluding hydrogens is 493 g/mol. The highest BCUT2D eigenvalue weighted by Crippen LogP contribution is 2.25. The first kappa shape index (κ1) is 26.8. The molecule has 1 aromatic rings. The van der Waals surface area contributed by atoms with Crippen LogP contribution in [-0.2, 0) is 6.54 Å². The smallest absolute Gasteiger partial charge is 0.193 e. The second-order valence-corrected chi connectivity index (χ2v) is 7.94. The maximum Gasteiger partial charge on any atom is 0.193 e. The van der Waals surface area contributed by atoms with E-state index in [0.29, 0.717) is 12.5 Å². The van der Waals surface area contributed by atoms with Crippen molar-refractivity contribution in [3.63, 3.8) is 0 Å². The molecule has 1 atom stereocenters. The highest BCUT2D eigenvalue weighted by molar-refractivity contribution is 14.0. The van der Waals surface area contributed by atoms with Crippen LogP contribution in [0.15, 0.2) is 23.2 Å². The summed E-state index contributed by atoms with van der Waals surface area (Å²) in [6, 6.07) is 5.94. The summed E-state index contributed by atoms with van der Waals surface area (Å²) in [4.78, 5) is 12.0. The molecule has 172 valence electrons. The topological polar surface area (TPSA) is 52.6 Å². The maximum atomic E-state index is 5.54. The summed E-state index contributed by atoms with van der Waals surface area (Å²) in [5, 5.41) is 3.42. The average molecular weight is 533 g/mol. The van der Waals surface area contributed by atoms with Gasteiger partial charge in [0.25, 0.3) is 0 Å². The number of nitrogens with one attached hydrogen (secondary N) is 1. The molecule has 1 aliphatic heterocycles. The summed E-state index contributed by atoms with van der Waals surface area (Å²) in [6.45, 7) is 12.5. The average Bonchev–Trinajstić information content (AvgIpc) is 2.72. The van der Waals surface area contributed by atoms with E-state index >= 15 is 0 Å². The number of piperazine rings is 1. The third kappa shape index (κ3) is 8.47. The van der Waals surface area contributed by atoms with Crippen molar-refractivity contribution in [3.8, 4) is 11.5 Å². The Bertz CT molecular complexity index is 650. The molecule has 0 saturated carbocycles. The van der Waals surface area contributed by atoms with E-state index in [0.717, 1.165) is 68.8 Å². The van der Waals surface area contributed by atoms with E-state index in [1.165, 1.54) is 0 Å². The van der Waals surface area contributed by atoms with Gasteiger partial charge in [-0.3, -0.25) is 4.99 Å². The molecule has 1 aliphatic rings. The third-order valence-electron chi connectivity index (χ3n) is 5.32. The Morgan fingerprint density at radius 1 is 1.20 bits per heavy atom. The van der Waals surface area contributed by atoms with Gasteiger partial charge in [-0.15, -0.1) is 24.0 Å². The summed E-state index contributed by atoms with van der Waals surface area (Å²) >= 11 is 0. The van der Waals surface area contributed by atoms with Crippen molar-refractivity contribution in [2.24, 2.45) is 10.9 Å². The van der Waals surface area contributed by atoms with E-state index in [9.17, 15) is 0 Å². The van der Waals surface area contributed by atoms with Gasteiger partial charge in [0, 0.05) is 71.0 Å². The molecule has 1 unspecified atom stereocenters. The molecule has 0 radical (unpaired) electrons. The minimum atomic E-state index is 0. The number of ether oxygens (including phenoxy) is 2. The lowest BCUT2D eigenvalue weighted by molar-refractivity contribution is 0.140. The predicted octanol–water partition coefficient (Wildman–Crippen LogP) is 2.60. The molecule has 1 saturated heterocycles. The Morgan fingerprint density at radius 3 is 2.50 bits per heavy atom. The Morgan fingerprint density at radius 2 is 1.90 bits per heavy atom. The van der Waals surface area contributed by atoms with Gasteiger partial charge in [0.15, 0.2) is 5.96 Å². The number of halogens is 1. The molecule has 1 fully saturated rings. The Labute approximate surface area is 199 Å². The summed E-state index contributed by atoms with van der Waals surface area (Å²) in [6.07, 6.45) is 0. The molecule has 7 nitrogen and oxygen atoms in total. The number of rotatable bonds is 9. The van der Waals surface area contributed by atoms with Crippen molar-refractivity contribution < 1.29 is 9.47 Å². The Balaban J connectivity index is 0.00000450. The monoisotopic (exact) mass is 533 g/mol. The first-order chi connectivity index (χ1) is 14.0. The van der Waals surface area contributed by atoms with Crippen molar-refractivity contribution in [1.82, 2.24) is 20.0 Å². The lowest BCUT2D eigenvalue weighted by Crippen LogP contribution is -2.46. The summed E-state index contributed by atoms with van der Waals surface area (Å²) in [5.41, 5.74) is 1.10. The molecular formula is C22H40IN5O2. The second-order valence-electron chi connectivity index (χ2n) is 7.94. The molecule has 1 N–H and O–H groups in total. The summed E-state index contributed by atoms with van der Waals surface area (Å²) in [5.74, 6) is 3.08. The minimum Gasteiger partial charge on any atom is -0.497 e. The van der Waals surface area contributed by atoms with Gasteiger partial charge in [-0.05, 0) is 32.0 Å². The number of hydrogen-bond donors (Lipinski definition) is 1. The lowest BCUT2D eigenvalue weighted by atomic mass is 10.1. The standard InChI is InChI=1S/C22H39N5O2.HI/c1-7-23-22(24-15-18(2)16-27-12-10-25(3)11-13-27)26(4)17-19-8-9-20(28-5)14-21(19)29-6;/h8-9,14,18H,7,10-13,15-17H2,1-6H3,(H,23,24);1H. The van der Waals surface area contributed by atoms with Crippen LogP contribution in [0.1, 0.15) is 19.4 Å². The molecule has 8 heteroatoms. The van der Waals surface area contributed by atoms with Gasteiger partial charge in [0.2, 0.25) is 0 Å². The molecule has 0 spiro atoms. The number of hydrogen-bond acceptors (Lipinski definition) is 5. The van der Waals surface area contributed by atoms with Crippen LogP contribution in [0, 0.1) is 5.92 Å². The minimum absolute atomic E-state index is 0. The zero-order valence-corrected chi connectivity index (χ0v) is 21.8. The van der Waals surface area contributed by atoms with Crippen LogP contribution in [0.5, 0.6) is 11.5 Å². The summed E-state index contributed by atoms with van der Waals surface area (Å²) < 4.78 is 10.8. The van der Waals surface area contributed by atoms with Gasteiger partial charge >= 0.3 is 0 Å². The van der Waals surface area contributed by atoms with E-state index in [-0.39, 0.29) is 24.0 Å². The normalized spacial score (nSPS) is 16.5. The molecule has 2 rings (SSSR count). The molecule has 1 heterocycles. The third-order valence-corrected chi connectivity index (χ3v) is 5.32. The van der Waals surface area contributed by atoms with E-state index in [4.69, 9.17) is 14.5 Å². The van der Waals surface area contributed by atoms with E-state index in [1.54, 1.807) is 14.2 Å². The van der Waals surface area contributed by atoms with Crippen LogP contribution in [0.25, 0.3) is 0 Å². The van der Waals surface area contributed by atoms with Gasteiger partial charge < -0.3 is 29.5 Å². The van der Waals surface area contributed by atoms with Crippen LogP contribution >= 0.6 is 24.0 Å². The van der Waals surface area contributed by atoms with Gasteiger partial charge in [-0.1, -0.05) is 6.92 Å². The number of aliphatic imine (C=N–C) groups is 1. The number of methoxy groups -OCH3 is 2. The van der Waals surface area contributed by atoms with Crippen LogP contribution < -0.4 is 14.8 Å². The quantitative estimate of drug-likeness (QED) is 0.299. The maximum absolute atomic E-state index is 5.54. The van der Waals surface area contributed by atoms with Crippen molar-refractivity contribution in [3.05, 3.63) is 23.8 Å². The SMILES string of the molecule is CCNC(=NCC(C)CN1CCN(C)CC1)N(C)Cc1ccc(OC)cc1OC.I. The first-order valence-corrected chi connectivity index (χ1v) is 10.6. The molecule has 1 aromatic carbocycles. The fourth-order valence-corrected chi connectivity index (χ4v) is 3.55. The lowest BCUT2D eigenvalue weighted by Gasteiger charge is -2.33. The zero-order valence-electron chi connectivity index (χ0n) is 19.5. The fourth-order valence-electron chi connectivity index (χ4n) is 3.55. The second kappa shape index (κ2) is 13.9. The highest BCUT2D eigenvalue weighted by Gasteiger charge is 2.17. The van der Waals surface area contributed by atoms with Crippen LogP contribution in [0.3, 0.4) is 0 Å². The Kier molecular flexibility index (Phi) is 12.4. The van der Waals surface area contributed by atoms with Crippen molar-refractivity contribution in [1.29, 1.82) is 0 Å². The van der Waals surface area contributed by atoms with E-state index in [1.807, 2.05) is 18.2 Å². The first-order valence-electron chi connectivity index (χ1n) is 10.6. The Hall–Kier alpha value is -1.26. The van der Waals surface area contributed by atoms with Crippen LogP contribution in [0.4, 0.5) is 0 Å². The molecule has 0 bridgehead atoms. The van der Waals surface area contributed by atoms with E-state index < -0.39 is 0 Å². The summed E-state index contributed by atoms with van der Waals surface area (Å²) in [7, 11) is 7.62. The largest absolute Gasteiger partial charge is 0.497 e. The van der Waals surface area contributed by atoms with Crippen LogP contribution in [0.2, 0.25) is 0 Å². The van der Waals surface area contributed by atoms with Crippen molar-refractivity contribution in [2.75, 3.05) is 74.1 Å². The molecule has 0 aromatic heterocycles. The van der Waals surface area contributed by atoms with Gasteiger partial charge in [0.1, 0.15) is 11.5 Å². The number of nitrogens with zero attached hydrogens (tertiary/aromatic N) is 4. The molecule has 0 amide bonds. The molecule has 0 aliphatic carbocycles. The van der Waals surface area contributed by atoms with E-state index in [2.05, 4.69) is 48.0 Å². The zero-order chi connectivity index (χ0) is 21.2. The number of likely N-dealkylation sites (N-methyl/N-ethyl adjacent to an activating group) is 1. The van der Waals surface area contributed by atoms with Crippen molar-refractivity contribution >= 4 is 29.9 Å². The number of benzene rings is 1. The van der Waals surface area contributed by atoms with Crippen LogP contribution in [-0.4, -0.2) is 94.8 Å². The van der Waals surface area contributed by atoms with Gasteiger partial charge in [-0.25, -0.2) is 0 Å². The highest BCUT2D eigenvalue weighted by atomic mass is 127. The van der Waals surface area contributed by atoms with Crippen molar-refractivity contribution in [2.45, 2.75) is 20.4 Å². The number of guanidine groups is 1. The van der Waals surface area contributed by atoms with Gasteiger partial charge in [-0.2, -0.15) is 0 Å². The molecule has 30 heavy (non-hydrogen) atoms.